The first-order chi connectivity index (χ1) is 13.2. The zero-order valence-corrected chi connectivity index (χ0v) is 14.8. The molecule has 8 heteroatoms. The third-order valence-electron chi connectivity index (χ3n) is 4.64. The Morgan fingerprint density at radius 3 is 2.70 bits per heavy atom. The molecule has 0 aliphatic carbocycles. The van der Waals surface area contributed by atoms with E-state index in [4.69, 9.17) is 0 Å². The van der Waals surface area contributed by atoms with Gasteiger partial charge in [0.2, 0.25) is 0 Å². The van der Waals surface area contributed by atoms with E-state index in [1.165, 1.54) is 12.4 Å². The van der Waals surface area contributed by atoms with Gasteiger partial charge in [0.1, 0.15) is 11.8 Å². The number of nitrogens with zero attached hydrogens (tertiary/aromatic N) is 7. The van der Waals surface area contributed by atoms with Gasteiger partial charge in [0.05, 0.1) is 17.2 Å². The van der Waals surface area contributed by atoms with Crippen LogP contribution in [0.4, 0.5) is 5.82 Å². The lowest BCUT2D eigenvalue weighted by Crippen LogP contribution is -2.54. The molecule has 1 aromatic carbocycles. The predicted octanol–water partition coefficient (Wildman–Crippen LogP) is 1.64. The van der Waals surface area contributed by atoms with Crippen LogP contribution >= 0.6 is 0 Å². The Morgan fingerprint density at radius 1 is 1.15 bits per heavy atom. The maximum absolute atomic E-state index is 12.9. The van der Waals surface area contributed by atoms with Gasteiger partial charge in [0.25, 0.3) is 5.91 Å². The van der Waals surface area contributed by atoms with Crippen LogP contribution in [0.2, 0.25) is 0 Å². The largest absolute Gasteiger partial charge is 0.350 e. The fourth-order valence-electron chi connectivity index (χ4n) is 3.30. The maximum Gasteiger partial charge on any atom is 0.274 e. The van der Waals surface area contributed by atoms with Gasteiger partial charge in [-0.1, -0.05) is 12.1 Å². The van der Waals surface area contributed by atoms with Crippen molar-refractivity contribution in [3.05, 3.63) is 54.2 Å². The van der Waals surface area contributed by atoms with Gasteiger partial charge in [-0.25, -0.2) is 15.0 Å². The van der Waals surface area contributed by atoms with Gasteiger partial charge in [0.15, 0.2) is 11.5 Å². The fourth-order valence-corrected chi connectivity index (χ4v) is 3.30. The van der Waals surface area contributed by atoms with Crippen LogP contribution in [0.1, 0.15) is 23.1 Å². The molecule has 1 atom stereocenters. The highest BCUT2D eigenvalue weighted by Gasteiger charge is 2.30. The molecular formula is C19H17N7O. The molecule has 8 nitrogen and oxygen atoms in total. The molecule has 0 spiro atoms. The Bertz CT molecular complexity index is 1050. The molecule has 0 unspecified atom stereocenters. The molecule has 3 aromatic rings. The van der Waals surface area contributed by atoms with E-state index in [0.717, 1.165) is 5.52 Å². The zero-order valence-electron chi connectivity index (χ0n) is 14.8. The van der Waals surface area contributed by atoms with Gasteiger partial charge in [-0.2, -0.15) is 5.26 Å². The number of anilines is 1. The summed E-state index contributed by atoms with van der Waals surface area (Å²) in [6, 6.07) is 9.49. The van der Waals surface area contributed by atoms with Crippen molar-refractivity contribution >= 4 is 22.8 Å². The number of piperazine rings is 1. The number of carbonyl (C=O) groups is 1. The molecule has 4 rings (SSSR count). The Hall–Kier alpha value is -3.60. The number of hydrogen-bond acceptors (Lipinski definition) is 7. The fraction of sp³-hybridized carbons (Fsp3) is 0.263. The number of nitriles is 1. The highest BCUT2D eigenvalue weighted by atomic mass is 16.2. The van der Waals surface area contributed by atoms with E-state index < -0.39 is 0 Å². The number of rotatable bonds is 2. The molecule has 3 heterocycles. The minimum atomic E-state index is -0.139. The Kier molecular flexibility index (Phi) is 4.34. The average Bonchev–Trinajstić information content (AvgIpc) is 2.72. The normalized spacial score (nSPS) is 17.0. The summed E-state index contributed by atoms with van der Waals surface area (Å²) in [5.74, 6) is 0.421. The van der Waals surface area contributed by atoms with Gasteiger partial charge in [-0.3, -0.25) is 9.78 Å². The Labute approximate surface area is 156 Å². The van der Waals surface area contributed by atoms with Crippen LogP contribution in [0.15, 0.2) is 42.9 Å². The van der Waals surface area contributed by atoms with Crippen LogP contribution in [0.25, 0.3) is 11.0 Å². The summed E-state index contributed by atoms with van der Waals surface area (Å²) in [7, 11) is 0. The molecule has 134 valence electrons. The number of aromatic nitrogens is 4. The summed E-state index contributed by atoms with van der Waals surface area (Å²) >= 11 is 0. The number of amides is 1. The lowest BCUT2D eigenvalue weighted by molar-refractivity contribution is 0.0667. The summed E-state index contributed by atoms with van der Waals surface area (Å²) < 4.78 is 0. The van der Waals surface area contributed by atoms with Crippen molar-refractivity contribution in [2.75, 3.05) is 24.5 Å². The first-order valence-corrected chi connectivity index (χ1v) is 8.66. The van der Waals surface area contributed by atoms with Gasteiger partial charge >= 0.3 is 0 Å². The average molecular weight is 359 g/mol. The van der Waals surface area contributed by atoms with Crippen molar-refractivity contribution in [2.45, 2.75) is 13.0 Å². The molecule has 2 aromatic heterocycles. The van der Waals surface area contributed by atoms with Gasteiger partial charge in [0, 0.05) is 38.1 Å². The van der Waals surface area contributed by atoms with Crippen molar-refractivity contribution in [2.24, 2.45) is 0 Å². The van der Waals surface area contributed by atoms with Crippen LogP contribution in [-0.2, 0) is 0 Å². The van der Waals surface area contributed by atoms with E-state index in [9.17, 15) is 10.1 Å². The zero-order chi connectivity index (χ0) is 18.8. The SMILES string of the molecule is C[C@H]1CN(c2nccnc2C#N)CCN1C(=O)c1cnc2ccccc2n1. The predicted molar refractivity (Wildman–Crippen MR) is 99.0 cm³/mol. The van der Waals surface area contributed by atoms with Crippen LogP contribution in [-0.4, -0.2) is 56.4 Å². The molecule has 1 saturated heterocycles. The molecular weight excluding hydrogens is 342 g/mol. The Morgan fingerprint density at radius 2 is 1.93 bits per heavy atom. The summed E-state index contributed by atoms with van der Waals surface area (Å²) in [6.07, 6.45) is 4.60. The quantitative estimate of drug-likeness (QED) is 0.686. The highest BCUT2D eigenvalue weighted by Crippen LogP contribution is 2.20. The van der Waals surface area contributed by atoms with E-state index in [1.54, 1.807) is 11.1 Å². The smallest absolute Gasteiger partial charge is 0.274 e. The molecule has 0 N–H and O–H groups in total. The molecule has 1 fully saturated rings. The minimum absolute atomic E-state index is 0.0620. The van der Waals surface area contributed by atoms with Crippen LogP contribution in [0, 0.1) is 11.3 Å². The third-order valence-corrected chi connectivity index (χ3v) is 4.64. The van der Waals surface area contributed by atoms with Crippen LogP contribution in [0.3, 0.4) is 0 Å². The molecule has 1 aliphatic heterocycles. The number of para-hydroxylation sites is 2. The summed E-state index contributed by atoms with van der Waals surface area (Å²) in [6.45, 7) is 3.63. The van der Waals surface area contributed by atoms with Crippen molar-refractivity contribution in [1.29, 1.82) is 5.26 Å². The van der Waals surface area contributed by atoms with Crippen molar-refractivity contribution in [3.8, 4) is 6.07 Å². The monoisotopic (exact) mass is 359 g/mol. The van der Waals surface area contributed by atoms with Crippen LogP contribution in [0.5, 0.6) is 0 Å². The lowest BCUT2D eigenvalue weighted by Gasteiger charge is -2.40. The molecule has 1 aliphatic rings. The van der Waals surface area contributed by atoms with E-state index in [2.05, 4.69) is 26.0 Å². The second-order valence-corrected chi connectivity index (χ2v) is 6.38. The highest BCUT2D eigenvalue weighted by molar-refractivity contribution is 5.94. The van der Waals surface area contributed by atoms with Gasteiger partial charge < -0.3 is 9.80 Å². The van der Waals surface area contributed by atoms with Gasteiger partial charge in [-0.05, 0) is 19.1 Å². The second kappa shape index (κ2) is 6.96. The first kappa shape index (κ1) is 16.8. The van der Waals surface area contributed by atoms with E-state index in [-0.39, 0.29) is 11.9 Å². The first-order valence-electron chi connectivity index (χ1n) is 8.66. The minimum Gasteiger partial charge on any atom is -0.350 e. The number of hydrogen-bond donors (Lipinski definition) is 0. The van der Waals surface area contributed by atoms with E-state index in [1.807, 2.05) is 36.1 Å². The second-order valence-electron chi connectivity index (χ2n) is 6.38. The number of carbonyl (C=O) groups excluding carboxylic acids is 1. The molecule has 1 amide bonds. The molecule has 0 saturated carbocycles. The standard InChI is InChI=1S/C19H17N7O/c1-13-12-25(18-16(10-20)21-6-7-22-18)8-9-26(13)19(27)17-11-23-14-4-2-3-5-15(14)24-17/h2-7,11,13H,8-9,12H2,1H3/t13-/m0/s1. The molecule has 0 radical (unpaired) electrons. The third kappa shape index (κ3) is 3.15. The summed E-state index contributed by atoms with van der Waals surface area (Å²) in [5.41, 5.74) is 2.10. The Balaban J connectivity index is 1.54. The van der Waals surface area contributed by atoms with Crippen molar-refractivity contribution in [1.82, 2.24) is 24.8 Å². The van der Waals surface area contributed by atoms with Crippen LogP contribution < -0.4 is 4.90 Å². The van der Waals surface area contributed by atoms with Gasteiger partial charge in [-0.15, -0.1) is 0 Å². The molecule has 27 heavy (non-hydrogen) atoms. The van der Waals surface area contributed by atoms with E-state index in [0.29, 0.717) is 42.4 Å². The van der Waals surface area contributed by atoms with Crippen molar-refractivity contribution in [3.63, 3.8) is 0 Å². The maximum atomic E-state index is 12.9. The van der Waals surface area contributed by atoms with E-state index >= 15 is 0 Å². The lowest BCUT2D eigenvalue weighted by atomic mass is 10.1. The summed E-state index contributed by atoms with van der Waals surface area (Å²) in [5, 5.41) is 9.23. The molecule has 0 bridgehead atoms. The number of fused-ring (bicyclic) bond motifs is 1. The summed E-state index contributed by atoms with van der Waals surface area (Å²) in [4.78, 5) is 33.9. The number of benzene rings is 1. The van der Waals surface area contributed by atoms with Crippen molar-refractivity contribution < 1.29 is 4.79 Å². The topological polar surface area (TPSA) is 98.9 Å².